The molecule has 3 aromatic rings. The van der Waals surface area contributed by atoms with Crippen molar-refractivity contribution in [3.63, 3.8) is 0 Å². The lowest BCUT2D eigenvalue weighted by Crippen LogP contribution is -2.54. The number of hydrogen-bond acceptors (Lipinski definition) is 4. The number of amides is 4. The van der Waals surface area contributed by atoms with Gasteiger partial charge in [-0.2, -0.15) is 0 Å². The molecule has 1 fully saturated rings. The van der Waals surface area contributed by atoms with Crippen LogP contribution in [0.15, 0.2) is 66.2 Å². The molecule has 0 saturated carbocycles. The number of nitrogens with one attached hydrogen (secondary N) is 1. The first kappa shape index (κ1) is 23.0. The van der Waals surface area contributed by atoms with Gasteiger partial charge in [-0.05, 0) is 67.3 Å². The molecule has 172 valence electrons. The van der Waals surface area contributed by atoms with Gasteiger partial charge in [-0.1, -0.05) is 53.6 Å². The average Bonchev–Trinajstić information content (AvgIpc) is 2.76. The Kier molecular flexibility index (Phi) is 6.32. The quantitative estimate of drug-likeness (QED) is 0.441. The zero-order chi connectivity index (χ0) is 24.4. The standard InChI is InChI=1S/C28H26N2O4/c1-17-6-5-7-23(13-17)30-27(32)24(26(31)29-28(30)33)15-20-8-9-22(25(16-20)34-4)14-21-11-18(2)10-19(3)12-21/h5-13,15-16H,14H2,1-4H3,(H,29,31,33)/b24-15+. The minimum Gasteiger partial charge on any atom is -0.496 e. The van der Waals surface area contributed by atoms with Crippen LogP contribution in [0.25, 0.3) is 6.08 Å². The molecule has 0 aliphatic carbocycles. The van der Waals surface area contributed by atoms with Crippen LogP contribution in [-0.2, 0) is 16.0 Å². The summed E-state index contributed by atoms with van der Waals surface area (Å²) in [4.78, 5) is 39.0. The van der Waals surface area contributed by atoms with Gasteiger partial charge in [0.25, 0.3) is 11.8 Å². The van der Waals surface area contributed by atoms with E-state index in [0.29, 0.717) is 23.4 Å². The fourth-order valence-corrected chi connectivity index (χ4v) is 4.21. The van der Waals surface area contributed by atoms with Gasteiger partial charge in [-0.15, -0.1) is 0 Å². The van der Waals surface area contributed by atoms with Crippen molar-refractivity contribution in [2.45, 2.75) is 27.2 Å². The molecule has 0 bridgehead atoms. The lowest BCUT2D eigenvalue weighted by Gasteiger charge is -2.26. The minimum atomic E-state index is -0.765. The van der Waals surface area contributed by atoms with Gasteiger partial charge in [0, 0.05) is 6.42 Å². The van der Waals surface area contributed by atoms with Crippen molar-refractivity contribution >= 4 is 29.6 Å². The average molecular weight is 455 g/mol. The largest absolute Gasteiger partial charge is 0.496 e. The van der Waals surface area contributed by atoms with Crippen molar-refractivity contribution in [2.75, 3.05) is 12.0 Å². The Hall–Kier alpha value is -4.19. The molecule has 1 saturated heterocycles. The van der Waals surface area contributed by atoms with Gasteiger partial charge < -0.3 is 4.74 Å². The summed E-state index contributed by atoms with van der Waals surface area (Å²) in [7, 11) is 1.59. The summed E-state index contributed by atoms with van der Waals surface area (Å²) in [5.74, 6) is -0.737. The fourth-order valence-electron chi connectivity index (χ4n) is 4.21. The molecule has 0 unspecified atom stereocenters. The van der Waals surface area contributed by atoms with Crippen LogP contribution in [0.2, 0.25) is 0 Å². The van der Waals surface area contributed by atoms with Gasteiger partial charge in [0.05, 0.1) is 12.8 Å². The topological polar surface area (TPSA) is 75.7 Å². The molecule has 6 heteroatoms. The summed E-state index contributed by atoms with van der Waals surface area (Å²) in [5, 5.41) is 2.26. The Morgan fingerprint density at radius 2 is 1.62 bits per heavy atom. The van der Waals surface area contributed by atoms with E-state index in [1.54, 1.807) is 31.4 Å². The third-order valence-corrected chi connectivity index (χ3v) is 5.66. The molecule has 4 rings (SSSR count). The van der Waals surface area contributed by atoms with Crippen LogP contribution >= 0.6 is 0 Å². The Labute approximate surface area is 198 Å². The van der Waals surface area contributed by atoms with Crippen LogP contribution in [0.5, 0.6) is 5.75 Å². The number of aryl methyl sites for hydroxylation is 3. The number of barbiturate groups is 1. The van der Waals surface area contributed by atoms with Crippen LogP contribution in [0.4, 0.5) is 10.5 Å². The summed E-state index contributed by atoms with van der Waals surface area (Å²) in [6.45, 7) is 6.00. The first-order valence-corrected chi connectivity index (χ1v) is 11.0. The second kappa shape index (κ2) is 9.35. The van der Waals surface area contributed by atoms with Crippen LogP contribution in [0.1, 0.15) is 33.4 Å². The first-order valence-electron chi connectivity index (χ1n) is 11.0. The van der Waals surface area contributed by atoms with E-state index in [2.05, 4.69) is 37.4 Å². The molecule has 0 spiro atoms. The maximum atomic E-state index is 13.1. The lowest BCUT2D eigenvalue weighted by molar-refractivity contribution is -0.122. The molecule has 1 N–H and O–H groups in total. The van der Waals surface area contributed by atoms with Crippen molar-refractivity contribution in [1.82, 2.24) is 5.32 Å². The normalized spacial score (nSPS) is 15.0. The number of anilines is 1. The number of carbonyl (C=O) groups is 3. The van der Waals surface area contributed by atoms with Crippen LogP contribution in [0.3, 0.4) is 0 Å². The van der Waals surface area contributed by atoms with Gasteiger partial charge >= 0.3 is 6.03 Å². The molecule has 6 nitrogen and oxygen atoms in total. The van der Waals surface area contributed by atoms with Gasteiger partial charge in [-0.25, -0.2) is 9.69 Å². The first-order chi connectivity index (χ1) is 16.2. The second-order valence-corrected chi connectivity index (χ2v) is 8.54. The van der Waals surface area contributed by atoms with E-state index in [1.165, 1.54) is 22.8 Å². The molecule has 4 amide bonds. The highest BCUT2D eigenvalue weighted by atomic mass is 16.5. The number of carbonyl (C=O) groups excluding carboxylic acids is 3. The summed E-state index contributed by atoms with van der Waals surface area (Å²) >= 11 is 0. The minimum absolute atomic E-state index is 0.120. The molecule has 1 heterocycles. The van der Waals surface area contributed by atoms with E-state index >= 15 is 0 Å². The smallest absolute Gasteiger partial charge is 0.335 e. The molecule has 0 radical (unpaired) electrons. The Morgan fingerprint density at radius 1 is 0.882 bits per heavy atom. The van der Waals surface area contributed by atoms with E-state index in [9.17, 15) is 14.4 Å². The number of nitrogens with zero attached hydrogens (tertiary/aromatic N) is 1. The summed E-state index contributed by atoms with van der Waals surface area (Å²) in [6, 6.07) is 18.2. The molecule has 1 aliphatic rings. The van der Waals surface area contributed by atoms with Crippen molar-refractivity contribution in [1.29, 1.82) is 0 Å². The molecule has 0 aromatic heterocycles. The van der Waals surface area contributed by atoms with Crippen LogP contribution in [0, 0.1) is 20.8 Å². The lowest BCUT2D eigenvalue weighted by atomic mass is 9.98. The predicted octanol–water partition coefficient (Wildman–Crippen LogP) is 4.88. The summed E-state index contributed by atoms with van der Waals surface area (Å²) < 4.78 is 5.60. The Bertz CT molecular complexity index is 1320. The van der Waals surface area contributed by atoms with Crippen molar-refractivity contribution < 1.29 is 19.1 Å². The molecular formula is C28H26N2O4. The Morgan fingerprint density at radius 3 is 2.29 bits per heavy atom. The van der Waals surface area contributed by atoms with Gasteiger partial charge in [0.2, 0.25) is 0 Å². The third kappa shape index (κ3) is 4.76. The zero-order valence-corrected chi connectivity index (χ0v) is 19.6. The van der Waals surface area contributed by atoms with Gasteiger partial charge in [0.15, 0.2) is 0 Å². The predicted molar refractivity (Wildman–Crippen MR) is 132 cm³/mol. The van der Waals surface area contributed by atoms with E-state index in [-0.39, 0.29) is 5.57 Å². The number of methoxy groups -OCH3 is 1. The van der Waals surface area contributed by atoms with Gasteiger partial charge in [-0.3, -0.25) is 14.9 Å². The highest BCUT2D eigenvalue weighted by molar-refractivity contribution is 6.39. The van der Waals surface area contributed by atoms with E-state index in [4.69, 9.17) is 4.74 Å². The molecular weight excluding hydrogens is 428 g/mol. The van der Waals surface area contributed by atoms with E-state index < -0.39 is 17.8 Å². The summed E-state index contributed by atoms with van der Waals surface area (Å²) in [5.41, 5.74) is 6.37. The van der Waals surface area contributed by atoms with Crippen LogP contribution < -0.4 is 15.0 Å². The number of imide groups is 2. The number of ether oxygens (including phenoxy) is 1. The number of urea groups is 1. The maximum absolute atomic E-state index is 13.1. The number of benzene rings is 3. The SMILES string of the molecule is COc1cc(/C=C2\C(=O)NC(=O)N(c3cccc(C)c3)C2=O)ccc1Cc1cc(C)cc(C)c1. The monoisotopic (exact) mass is 454 g/mol. The number of rotatable bonds is 5. The molecule has 34 heavy (non-hydrogen) atoms. The molecule has 1 aliphatic heterocycles. The summed E-state index contributed by atoms with van der Waals surface area (Å²) in [6.07, 6.45) is 2.17. The van der Waals surface area contributed by atoms with Crippen LogP contribution in [-0.4, -0.2) is 25.0 Å². The highest BCUT2D eigenvalue weighted by Crippen LogP contribution is 2.27. The molecule has 0 atom stereocenters. The fraction of sp³-hybridized carbons (Fsp3) is 0.179. The van der Waals surface area contributed by atoms with Crippen molar-refractivity contribution in [2.24, 2.45) is 0 Å². The van der Waals surface area contributed by atoms with Crippen molar-refractivity contribution in [3.05, 3.63) is 99.6 Å². The third-order valence-electron chi connectivity index (χ3n) is 5.66. The Balaban J connectivity index is 1.66. The number of hydrogen-bond donors (Lipinski definition) is 1. The second-order valence-electron chi connectivity index (χ2n) is 8.54. The zero-order valence-electron chi connectivity index (χ0n) is 19.6. The van der Waals surface area contributed by atoms with Gasteiger partial charge in [0.1, 0.15) is 11.3 Å². The molecule has 3 aromatic carbocycles. The highest BCUT2D eigenvalue weighted by Gasteiger charge is 2.36. The van der Waals surface area contributed by atoms with Crippen molar-refractivity contribution in [3.8, 4) is 5.75 Å². The van der Waals surface area contributed by atoms with E-state index in [0.717, 1.165) is 16.0 Å². The maximum Gasteiger partial charge on any atom is 0.335 e. The van der Waals surface area contributed by atoms with E-state index in [1.807, 2.05) is 25.1 Å².